The SMILES string of the molecule is O=C(c1ccccc1)C(Cl)c1ccc(C(F)(F)F)cc1. The van der Waals surface area contributed by atoms with Crippen LogP contribution in [0.4, 0.5) is 13.2 Å². The molecular formula is C15H10ClF3O. The molecule has 0 aliphatic carbocycles. The second-order valence-corrected chi connectivity index (χ2v) is 4.65. The largest absolute Gasteiger partial charge is 0.416 e. The van der Waals surface area contributed by atoms with E-state index in [9.17, 15) is 18.0 Å². The number of carbonyl (C=O) groups is 1. The molecule has 2 aromatic rings. The number of halogens is 4. The molecule has 0 aromatic heterocycles. The standard InChI is InChI=1S/C15H10ClF3O/c16-13(14(20)11-4-2-1-3-5-11)10-6-8-12(9-7-10)15(17,18)19/h1-9,13H. The van der Waals surface area contributed by atoms with Crippen molar-refractivity contribution < 1.29 is 18.0 Å². The highest BCUT2D eigenvalue weighted by Gasteiger charge is 2.30. The van der Waals surface area contributed by atoms with Gasteiger partial charge in [-0.25, -0.2) is 0 Å². The Kier molecular flexibility index (Phi) is 4.14. The molecule has 0 saturated carbocycles. The zero-order chi connectivity index (χ0) is 14.8. The van der Waals surface area contributed by atoms with Crippen molar-refractivity contribution in [3.8, 4) is 0 Å². The lowest BCUT2D eigenvalue weighted by Gasteiger charge is -2.11. The van der Waals surface area contributed by atoms with E-state index in [0.717, 1.165) is 12.1 Å². The van der Waals surface area contributed by atoms with Crippen LogP contribution in [0.3, 0.4) is 0 Å². The van der Waals surface area contributed by atoms with E-state index in [-0.39, 0.29) is 5.78 Å². The minimum atomic E-state index is -4.40. The molecule has 5 heteroatoms. The summed E-state index contributed by atoms with van der Waals surface area (Å²) >= 11 is 6.03. The quantitative estimate of drug-likeness (QED) is 0.584. The zero-order valence-electron chi connectivity index (χ0n) is 10.2. The average molecular weight is 299 g/mol. The summed E-state index contributed by atoms with van der Waals surface area (Å²) in [4.78, 5) is 12.1. The van der Waals surface area contributed by atoms with Crippen LogP contribution < -0.4 is 0 Å². The first-order chi connectivity index (χ1) is 9.39. The highest BCUT2D eigenvalue weighted by Crippen LogP contribution is 2.31. The molecule has 0 heterocycles. The Bertz CT molecular complexity index is 591. The maximum atomic E-state index is 12.4. The molecule has 0 N–H and O–H groups in total. The van der Waals surface area contributed by atoms with Gasteiger partial charge in [0.05, 0.1) is 5.56 Å². The van der Waals surface area contributed by atoms with Crippen molar-refractivity contribution in [3.63, 3.8) is 0 Å². The summed E-state index contributed by atoms with van der Waals surface area (Å²) in [5, 5.41) is -1.00. The van der Waals surface area contributed by atoms with E-state index in [1.54, 1.807) is 30.3 Å². The van der Waals surface area contributed by atoms with E-state index in [2.05, 4.69) is 0 Å². The van der Waals surface area contributed by atoms with Crippen molar-refractivity contribution in [2.45, 2.75) is 11.6 Å². The molecule has 1 nitrogen and oxygen atoms in total. The van der Waals surface area contributed by atoms with Crippen LogP contribution in [0, 0.1) is 0 Å². The molecule has 0 saturated heterocycles. The lowest BCUT2D eigenvalue weighted by Crippen LogP contribution is -2.09. The number of Topliss-reactive ketones (excluding diaryl/α,β-unsaturated/α-hetero) is 1. The number of benzene rings is 2. The van der Waals surface area contributed by atoms with Gasteiger partial charge in [-0.15, -0.1) is 11.6 Å². The lowest BCUT2D eigenvalue weighted by atomic mass is 10.0. The molecular weight excluding hydrogens is 289 g/mol. The molecule has 2 aromatic carbocycles. The van der Waals surface area contributed by atoms with Crippen LogP contribution in [-0.2, 0) is 6.18 Å². The molecule has 20 heavy (non-hydrogen) atoms. The Morgan fingerprint density at radius 1 is 0.950 bits per heavy atom. The van der Waals surface area contributed by atoms with Crippen molar-refractivity contribution >= 4 is 17.4 Å². The van der Waals surface area contributed by atoms with Gasteiger partial charge in [0.25, 0.3) is 0 Å². The average Bonchev–Trinajstić information content (AvgIpc) is 2.46. The van der Waals surface area contributed by atoms with Crippen molar-refractivity contribution in [2.75, 3.05) is 0 Å². The third-order valence-corrected chi connectivity index (χ3v) is 3.27. The minimum Gasteiger partial charge on any atom is -0.292 e. The molecule has 1 atom stereocenters. The fourth-order valence-corrected chi connectivity index (χ4v) is 2.01. The first-order valence-corrected chi connectivity index (χ1v) is 6.24. The van der Waals surface area contributed by atoms with Gasteiger partial charge in [-0.2, -0.15) is 13.2 Å². The number of carbonyl (C=O) groups excluding carboxylic acids is 1. The molecule has 2 rings (SSSR count). The molecule has 0 aliphatic rings. The smallest absolute Gasteiger partial charge is 0.292 e. The van der Waals surface area contributed by atoms with Crippen molar-refractivity contribution in [1.29, 1.82) is 0 Å². The number of ketones is 1. The Balaban J connectivity index is 2.22. The summed E-state index contributed by atoms with van der Waals surface area (Å²) in [6.45, 7) is 0. The van der Waals surface area contributed by atoms with Gasteiger partial charge in [0.15, 0.2) is 5.78 Å². The maximum Gasteiger partial charge on any atom is 0.416 e. The summed E-state index contributed by atoms with van der Waals surface area (Å²) in [6, 6.07) is 12.7. The molecule has 0 bridgehead atoms. The van der Waals surface area contributed by atoms with E-state index in [1.807, 2.05) is 0 Å². The van der Waals surface area contributed by atoms with Gasteiger partial charge in [0.1, 0.15) is 5.38 Å². The van der Waals surface area contributed by atoms with E-state index in [1.165, 1.54) is 12.1 Å². The van der Waals surface area contributed by atoms with Crippen LogP contribution >= 0.6 is 11.6 Å². The normalized spacial score (nSPS) is 13.0. The van der Waals surface area contributed by atoms with E-state index in [4.69, 9.17) is 11.6 Å². The molecule has 0 radical (unpaired) electrons. The summed E-state index contributed by atoms with van der Waals surface area (Å²) in [5.74, 6) is -0.341. The van der Waals surface area contributed by atoms with Gasteiger partial charge in [-0.1, -0.05) is 42.5 Å². The summed E-state index contributed by atoms with van der Waals surface area (Å²) in [6.07, 6.45) is -4.40. The van der Waals surface area contributed by atoms with Crippen molar-refractivity contribution in [3.05, 3.63) is 71.3 Å². The number of hydrogen-bond donors (Lipinski definition) is 0. The second-order valence-electron chi connectivity index (χ2n) is 4.21. The van der Waals surface area contributed by atoms with Crippen LogP contribution in [0.2, 0.25) is 0 Å². The molecule has 104 valence electrons. The third-order valence-electron chi connectivity index (χ3n) is 2.82. The van der Waals surface area contributed by atoms with Gasteiger partial charge in [0.2, 0.25) is 0 Å². The van der Waals surface area contributed by atoms with Crippen LogP contribution in [0.25, 0.3) is 0 Å². The highest BCUT2D eigenvalue weighted by atomic mass is 35.5. The van der Waals surface area contributed by atoms with Gasteiger partial charge in [-0.3, -0.25) is 4.79 Å². The maximum absolute atomic E-state index is 12.4. The summed E-state index contributed by atoms with van der Waals surface area (Å²) < 4.78 is 37.3. The van der Waals surface area contributed by atoms with Gasteiger partial charge < -0.3 is 0 Å². The Morgan fingerprint density at radius 3 is 2.00 bits per heavy atom. The van der Waals surface area contributed by atoms with E-state index >= 15 is 0 Å². The monoisotopic (exact) mass is 298 g/mol. The van der Waals surface area contributed by atoms with Crippen LogP contribution in [0.1, 0.15) is 26.9 Å². The minimum absolute atomic E-state index is 0.341. The second kappa shape index (κ2) is 5.67. The van der Waals surface area contributed by atoms with Gasteiger partial charge in [0, 0.05) is 5.56 Å². The topological polar surface area (TPSA) is 17.1 Å². The lowest BCUT2D eigenvalue weighted by molar-refractivity contribution is -0.137. The van der Waals surface area contributed by atoms with Crippen LogP contribution in [0.15, 0.2) is 54.6 Å². The van der Waals surface area contributed by atoms with Gasteiger partial charge >= 0.3 is 6.18 Å². The molecule has 0 spiro atoms. The predicted molar refractivity (Wildman–Crippen MR) is 70.8 cm³/mol. The van der Waals surface area contributed by atoms with E-state index in [0.29, 0.717) is 11.1 Å². The summed E-state index contributed by atoms with van der Waals surface area (Å²) in [7, 11) is 0. The Hall–Kier alpha value is -1.81. The number of alkyl halides is 4. The number of hydrogen-bond acceptors (Lipinski definition) is 1. The zero-order valence-corrected chi connectivity index (χ0v) is 10.9. The third kappa shape index (κ3) is 3.20. The van der Waals surface area contributed by atoms with Crippen molar-refractivity contribution in [1.82, 2.24) is 0 Å². The van der Waals surface area contributed by atoms with Crippen LogP contribution in [-0.4, -0.2) is 5.78 Å². The summed E-state index contributed by atoms with van der Waals surface area (Å²) in [5.41, 5.74) is -0.00167. The van der Waals surface area contributed by atoms with Crippen LogP contribution in [0.5, 0.6) is 0 Å². The molecule has 1 unspecified atom stereocenters. The van der Waals surface area contributed by atoms with Gasteiger partial charge in [-0.05, 0) is 17.7 Å². The van der Waals surface area contributed by atoms with Crippen molar-refractivity contribution in [2.24, 2.45) is 0 Å². The Labute approximate surface area is 119 Å². The highest BCUT2D eigenvalue weighted by molar-refractivity contribution is 6.33. The van der Waals surface area contributed by atoms with E-state index < -0.39 is 17.1 Å². The molecule has 0 amide bonds. The molecule has 0 aliphatic heterocycles. The molecule has 0 fully saturated rings. The number of rotatable bonds is 3. The predicted octanol–water partition coefficient (Wildman–Crippen LogP) is 4.87. The Morgan fingerprint density at radius 2 is 1.50 bits per heavy atom. The fraction of sp³-hybridized carbons (Fsp3) is 0.133. The fourth-order valence-electron chi connectivity index (χ4n) is 1.74. The first-order valence-electron chi connectivity index (χ1n) is 5.80. The first kappa shape index (κ1) is 14.6.